The van der Waals surface area contributed by atoms with E-state index in [0.717, 1.165) is 55.4 Å². The van der Waals surface area contributed by atoms with Crippen LogP contribution in [-0.2, 0) is 17.9 Å². The number of carboxylic acids is 1. The van der Waals surface area contributed by atoms with Gasteiger partial charge in [-0.05, 0) is 41.8 Å². The Kier molecular flexibility index (Phi) is 8.75. The van der Waals surface area contributed by atoms with Crippen molar-refractivity contribution in [2.45, 2.75) is 32.4 Å². The van der Waals surface area contributed by atoms with Crippen LogP contribution in [0.5, 0.6) is 5.75 Å². The Morgan fingerprint density at radius 3 is 2.35 bits per heavy atom. The molecule has 4 rings (SSSR count). The first kappa shape index (κ1) is 25.8. The van der Waals surface area contributed by atoms with Gasteiger partial charge in [-0.2, -0.15) is 0 Å². The molecule has 7 nitrogen and oxygen atoms in total. The number of pyridine rings is 1. The van der Waals surface area contributed by atoms with Crippen LogP contribution in [0.1, 0.15) is 36.0 Å². The fourth-order valence-corrected chi connectivity index (χ4v) is 4.33. The quantitative estimate of drug-likeness (QED) is 0.329. The molecule has 0 spiro atoms. The summed E-state index contributed by atoms with van der Waals surface area (Å²) in [6.45, 7) is 13.9. The number of piperazine rings is 1. The van der Waals surface area contributed by atoms with Crippen LogP contribution in [0.25, 0.3) is 4.85 Å². The third kappa shape index (κ3) is 7.33. The Hall–Kier alpha value is -4.33. The van der Waals surface area contributed by atoms with E-state index >= 15 is 0 Å². The van der Waals surface area contributed by atoms with E-state index in [-0.39, 0.29) is 12.3 Å². The van der Waals surface area contributed by atoms with Gasteiger partial charge in [-0.1, -0.05) is 48.4 Å². The summed E-state index contributed by atoms with van der Waals surface area (Å²) in [7, 11) is 0. The molecule has 1 saturated heterocycles. The number of ether oxygens (including phenoxy) is 1. The zero-order valence-corrected chi connectivity index (χ0v) is 20.9. The summed E-state index contributed by atoms with van der Waals surface area (Å²) in [4.78, 5) is 23.6. The highest BCUT2D eigenvalue weighted by Crippen LogP contribution is 2.23. The molecule has 0 saturated carbocycles. The van der Waals surface area contributed by atoms with Gasteiger partial charge in [0.1, 0.15) is 18.2 Å². The number of aliphatic carboxylic acids is 1. The third-order valence-electron chi connectivity index (χ3n) is 6.37. The van der Waals surface area contributed by atoms with Crippen molar-refractivity contribution in [3.05, 3.63) is 95.0 Å². The van der Waals surface area contributed by atoms with Gasteiger partial charge in [0.2, 0.25) is 5.69 Å². The Bertz CT molecular complexity index is 1280. The Balaban J connectivity index is 1.24. The number of nitrogens with zero attached hydrogens (tertiary/aromatic N) is 4. The highest BCUT2D eigenvalue weighted by molar-refractivity contribution is 5.69. The maximum Gasteiger partial charge on any atom is 0.304 e. The first-order valence-electron chi connectivity index (χ1n) is 12.3. The minimum absolute atomic E-state index is 0.0156. The molecule has 7 heteroatoms. The molecule has 0 unspecified atom stereocenters. The summed E-state index contributed by atoms with van der Waals surface area (Å²) in [6, 6.07) is 19.7. The molecule has 0 radical (unpaired) electrons. The second-order valence-electron chi connectivity index (χ2n) is 8.97. The molecule has 37 heavy (non-hydrogen) atoms. The van der Waals surface area contributed by atoms with Crippen LogP contribution in [0.2, 0.25) is 0 Å². The average molecular weight is 495 g/mol. The summed E-state index contributed by atoms with van der Waals surface area (Å²) in [5.41, 5.74) is 3.80. The van der Waals surface area contributed by atoms with Gasteiger partial charge < -0.3 is 14.7 Å². The Labute approximate surface area is 218 Å². The SMILES string of the molecule is [C-]#[N+]c1ccc(N2CCN(Cc3ccc(COc4ccc([C@@H](C#CC)CC(=O)O)cc4)cc3)CC2)nc1. The van der Waals surface area contributed by atoms with E-state index in [4.69, 9.17) is 16.4 Å². The number of anilines is 1. The maximum atomic E-state index is 11.1. The minimum atomic E-state index is -0.861. The number of hydrogen-bond donors (Lipinski definition) is 1. The van der Waals surface area contributed by atoms with E-state index in [0.29, 0.717) is 12.3 Å². The van der Waals surface area contributed by atoms with Gasteiger partial charge in [-0.15, -0.1) is 5.92 Å². The number of benzene rings is 2. The van der Waals surface area contributed by atoms with Gasteiger partial charge in [0.15, 0.2) is 0 Å². The second kappa shape index (κ2) is 12.6. The minimum Gasteiger partial charge on any atom is -0.489 e. The van der Waals surface area contributed by atoms with Crippen LogP contribution >= 0.6 is 0 Å². The smallest absolute Gasteiger partial charge is 0.304 e. The van der Waals surface area contributed by atoms with E-state index in [9.17, 15) is 4.79 Å². The van der Waals surface area contributed by atoms with Crippen molar-refractivity contribution >= 4 is 17.5 Å². The first-order chi connectivity index (χ1) is 18.0. The van der Waals surface area contributed by atoms with Crippen LogP contribution in [0.3, 0.4) is 0 Å². The lowest BCUT2D eigenvalue weighted by molar-refractivity contribution is -0.137. The first-order valence-corrected chi connectivity index (χ1v) is 12.3. The number of hydrogen-bond acceptors (Lipinski definition) is 5. The van der Waals surface area contributed by atoms with Gasteiger partial charge in [-0.25, -0.2) is 4.85 Å². The van der Waals surface area contributed by atoms with Crippen molar-refractivity contribution in [2.75, 3.05) is 31.1 Å². The highest BCUT2D eigenvalue weighted by atomic mass is 16.5. The summed E-state index contributed by atoms with van der Waals surface area (Å²) in [6.07, 6.45) is 1.62. The van der Waals surface area contributed by atoms with E-state index < -0.39 is 5.97 Å². The topological polar surface area (TPSA) is 70.3 Å². The molecule has 1 aromatic heterocycles. The lowest BCUT2D eigenvalue weighted by Gasteiger charge is -2.35. The van der Waals surface area contributed by atoms with Crippen LogP contribution in [0.15, 0.2) is 66.9 Å². The average Bonchev–Trinajstić information content (AvgIpc) is 2.93. The van der Waals surface area contributed by atoms with E-state index in [2.05, 4.69) is 55.7 Å². The molecule has 1 atom stereocenters. The molecule has 1 aliphatic heterocycles. The van der Waals surface area contributed by atoms with E-state index in [1.807, 2.05) is 36.4 Å². The number of carbonyl (C=O) groups is 1. The third-order valence-corrected chi connectivity index (χ3v) is 6.37. The van der Waals surface area contributed by atoms with Crippen LogP contribution in [0.4, 0.5) is 11.5 Å². The van der Waals surface area contributed by atoms with Crippen molar-refractivity contribution in [1.82, 2.24) is 9.88 Å². The Morgan fingerprint density at radius 2 is 1.76 bits per heavy atom. The fraction of sp³-hybridized carbons (Fsp3) is 0.300. The molecule has 2 heterocycles. The van der Waals surface area contributed by atoms with Crippen molar-refractivity contribution in [3.8, 4) is 17.6 Å². The van der Waals surface area contributed by atoms with Gasteiger partial charge in [0, 0.05) is 38.9 Å². The van der Waals surface area contributed by atoms with Gasteiger partial charge >= 0.3 is 5.97 Å². The predicted octanol–water partition coefficient (Wildman–Crippen LogP) is 5.12. The highest BCUT2D eigenvalue weighted by Gasteiger charge is 2.18. The van der Waals surface area contributed by atoms with Crippen LogP contribution < -0.4 is 9.64 Å². The van der Waals surface area contributed by atoms with E-state index in [1.165, 1.54) is 5.56 Å². The molecule has 1 aliphatic rings. The zero-order valence-electron chi connectivity index (χ0n) is 20.9. The summed E-state index contributed by atoms with van der Waals surface area (Å²) in [5.74, 6) is 6.27. The molecule has 3 aromatic rings. The molecule has 1 N–H and O–H groups in total. The van der Waals surface area contributed by atoms with Crippen molar-refractivity contribution in [1.29, 1.82) is 0 Å². The van der Waals surface area contributed by atoms with Gasteiger partial charge in [-0.3, -0.25) is 14.7 Å². The monoisotopic (exact) mass is 494 g/mol. The summed E-state index contributed by atoms with van der Waals surface area (Å²) in [5, 5.41) is 9.11. The van der Waals surface area contributed by atoms with E-state index in [1.54, 1.807) is 13.1 Å². The number of carboxylic acid groups (broad SMARTS) is 1. The molecular formula is C30H30N4O3. The molecular weight excluding hydrogens is 464 g/mol. The second-order valence-corrected chi connectivity index (χ2v) is 8.97. The van der Waals surface area contributed by atoms with Crippen molar-refractivity contribution in [2.24, 2.45) is 0 Å². The lowest BCUT2D eigenvalue weighted by Crippen LogP contribution is -2.46. The zero-order chi connectivity index (χ0) is 26.0. The van der Waals surface area contributed by atoms with Crippen LogP contribution in [-0.4, -0.2) is 47.1 Å². The van der Waals surface area contributed by atoms with Crippen LogP contribution in [0, 0.1) is 18.4 Å². The molecule has 188 valence electrons. The van der Waals surface area contributed by atoms with Crippen molar-refractivity contribution < 1.29 is 14.6 Å². The standard InChI is InChI=1S/C30H30N4O3/c1-3-4-26(19-30(35)36)25-9-12-28(13-10-25)37-22-24-7-5-23(6-8-24)21-33-15-17-34(18-16-33)29-14-11-27(31-2)20-32-29/h5-14,20,26H,15-19,21-22H2,1H3,(H,35,36)/t26-/m0/s1. The predicted molar refractivity (Wildman–Crippen MR) is 144 cm³/mol. The largest absolute Gasteiger partial charge is 0.489 e. The summed E-state index contributed by atoms with van der Waals surface area (Å²) >= 11 is 0. The summed E-state index contributed by atoms with van der Waals surface area (Å²) < 4.78 is 5.94. The molecule has 1 fully saturated rings. The van der Waals surface area contributed by atoms with Crippen molar-refractivity contribution in [3.63, 3.8) is 0 Å². The molecule has 0 amide bonds. The Morgan fingerprint density at radius 1 is 1.05 bits per heavy atom. The maximum absolute atomic E-state index is 11.1. The van der Waals surface area contributed by atoms with Gasteiger partial charge in [0.25, 0.3) is 0 Å². The number of rotatable bonds is 9. The molecule has 0 bridgehead atoms. The fourth-order valence-electron chi connectivity index (χ4n) is 4.33. The molecule has 2 aromatic carbocycles. The number of aromatic nitrogens is 1. The lowest BCUT2D eigenvalue weighted by atomic mass is 9.96. The molecule has 0 aliphatic carbocycles. The normalized spacial score (nSPS) is 14.2. The van der Waals surface area contributed by atoms with Gasteiger partial charge in [0.05, 0.1) is 18.9 Å².